The lowest BCUT2D eigenvalue weighted by Crippen LogP contribution is -2.39. The van der Waals surface area contributed by atoms with Gasteiger partial charge >= 0.3 is 0 Å². The molecule has 2 N–H and O–H groups in total. The highest BCUT2D eigenvalue weighted by Gasteiger charge is 2.25. The zero-order chi connectivity index (χ0) is 18.9. The van der Waals surface area contributed by atoms with Crippen LogP contribution in [0.4, 0.5) is 4.39 Å². The van der Waals surface area contributed by atoms with Gasteiger partial charge in [-0.3, -0.25) is 9.89 Å². The molecule has 1 aliphatic rings. The molecular formula is C21H30FIN4O. The maximum Gasteiger partial charge on any atom is 0.191 e. The predicted octanol–water partition coefficient (Wildman–Crippen LogP) is 3.97. The summed E-state index contributed by atoms with van der Waals surface area (Å²) in [5.74, 6) is 1.56. The number of rotatable bonds is 8. The molecule has 1 aromatic heterocycles. The molecular weight excluding hydrogens is 470 g/mol. The SMILES string of the molecule is CCNC(=NCC(c1ccco1)N1CCCC1)NCCc1ccccc1F.I. The summed E-state index contributed by atoms with van der Waals surface area (Å²) in [5.41, 5.74) is 0.714. The average molecular weight is 500 g/mol. The van der Waals surface area contributed by atoms with Gasteiger partial charge in [0.15, 0.2) is 5.96 Å². The van der Waals surface area contributed by atoms with Crippen molar-refractivity contribution in [3.8, 4) is 0 Å². The van der Waals surface area contributed by atoms with Crippen LogP contribution in [0.15, 0.2) is 52.1 Å². The normalized spacial score (nSPS) is 15.9. The lowest BCUT2D eigenvalue weighted by atomic mass is 10.1. The number of nitrogens with one attached hydrogen (secondary N) is 2. The molecule has 5 nitrogen and oxygen atoms in total. The van der Waals surface area contributed by atoms with Crippen LogP contribution in [0.3, 0.4) is 0 Å². The molecule has 1 aromatic carbocycles. The summed E-state index contributed by atoms with van der Waals surface area (Å²) < 4.78 is 19.4. The van der Waals surface area contributed by atoms with Crippen molar-refractivity contribution in [3.05, 3.63) is 59.8 Å². The van der Waals surface area contributed by atoms with Crippen LogP contribution in [0.25, 0.3) is 0 Å². The van der Waals surface area contributed by atoms with E-state index in [2.05, 4.69) is 15.5 Å². The van der Waals surface area contributed by atoms with Crippen LogP contribution in [0.1, 0.15) is 37.1 Å². The Balaban J connectivity index is 0.00000280. The molecule has 0 bridgehead atoms. The fourth-order valence-corrected chi connectivity index (χ4v) is 3.46. The molecule has 0 spiro atoms. The molecule has 1 aliphatic heterocycles. The van der Waals surface area contributed by atoms with Crippen molar-refractivity contribution < 1.29 is 8.81 Å². The molecule has 1 unspecified atom stereocenters. The van der Waals surface area contributed by atoms with Crippen LogP contribution in [0, 0.1) is 5.82 Å². The second-order valence-electron chi connectivity index (χ2n) is 6.76. The number of benzene rings is 1. The molecule has 154 valence electrons. The molecule has 1 atom stereocenters. The van der Waals surface area contributed by atoms with Crippen LogP contribution >= 0.6 is 24.0 Å². The topological polar surface area (TPSA) is 52.8 Å². The Morgan fingerprint density at radius 2 is 1.96 bits per heavy atom. The number of halogens is 2. The van der Waals surface area contributed by atoms with Gasteiger partial charge in [-0.15, -0.1) is 24.0 Å². The maximum absolute atomic E-state index is 13.8. The number of aliphatic imine (C=N–C) groups is 1. The highest BCUT2D eigenvalue weighted by atomic mass is 127. The summed E-state index contributed by atoms with van der Waals surface area (Å²) in [6, 6.07) is 11.0. The fourth-order valence-electron chi connectivity index (χ4n) is 3.46. The van der Waals surface area contributed by atoms with E-state index < -0.39 is 0 Å². The number of likely N-dealkylation sites (tertiary alicyclic amines) is 1. The maximum atomic E-state index is 13.8. The van der Waals surface area contributed by atoms with Gasteiger partial charge in [-0.25, -0.2) is 4.39 Å². The van der Waals surface area contributed by atoms with E-state index >= 15 is 0 Å². The van der Waals surface area contributed by atoms with Crippen LogP contribution in [-0.2, 0) is 6.42 Å². The smallest absolute Gasteiger partial charge is 0.191 e. The lowest BCUT2D eigenvalue weighted by Gasteiger charge is -2.24. The molecule has 7 heteroatoms. The third kappa shape index (κ3) is 6.48. The molecule has 0 aliphatic carbocycles. The molecule has 28 heavy (non-hydrogen) atoms. The van der Waals surface area contributed by atoms with Crippen molar-refractivity contribution in [1.82, 2.24) is 15.5 Å². The van der Waals surface area contributed by atoms with E-state index in [1.807, 2.05) is 31.2 Å². The second kappa shape index (κ2) is 12.1. The van der Waals surface area contributed by atoms with Crippen molar-refractivity contribution in [2.24, 2.45) is 4.99 Å². The van der Waals surface area contributed by atoms with E-state index in [0.29, 0.717) is 25.1 Å². The number of nitrogens with zero attached hydrogens (tertiary/aromatic N) is 2. The highest BCUT2D eigenvalue weighted by molar-refractivity contribution is 14.0. The van der Waals surface area contributed by atoms with Crippen molar-refractivity contribution in [2.75, 3.05) is 32.7 Å². The summed E-state index contributed by atoms with van der Waals surface area (Å²) in [4.78, 5) is 7.20. The summed E-state index contributed by atoms with van der Waals surface area (Å²) in [5, 5.41) is 6.58. The van der Waals surface area contributed by atoms with Gasteiger partial charge in [0.25, 0.3) is 0 Å². The van der Waals surface area contributed by atoms with Gasteiger partial charge in [0, 0.05) is 13.1 Å². The van der Waals surface area contributed by atoms with Gasteiger partial charge in [-0.2, -0.15) is 0 Å². The lowest BCUT2D eigenvalue weighted by molar-refractivity contribution is 0.221. The van der Waals surface area contributed by atoms with Gasteiger partial charge < -0.3 is 15.1 Å². The van der Waals surface area contributed by atoms with Gasteiger partial charge in [-0.05, 0) is 63.0 Å². The molecule has 3 rings (SSSR count). The second-order valence-corrected chi connectivity index (χ2v) is 6.76. The number of furan rings is 1. The van der Waals surface area contributed by atoms with Gasteiger partial charge in [0.2, 0.25) is 0 Å². The number of hydrogen-bond acceptors (Lipinski definition) is 3. The molecule has 1 fully saturated rings. The fraction of sp³-hybridized carbons (Fsp3) is 0.476. The predicted molar refractivity (Wildman–Crippen MR) is 122 cm³/mol. The molecule has 0 amide bonds. The molecule has 2 aromatic rings. The van der Waals surface area contributed by atoms with E-state index in [0.717, 1.165) is 31.4 Å². The van der Waals surface area contributed by atoms with Crippen LogP contribution in [-0.4, -0.2) is 43.6 Å². The zero-order valence-corrected chi connectivity index (χ0v) is 18.7. The minimum Gasteiger partial charge on any atom is -0.468 e. The van der Waals surface area contributed by atoms with Crippen molar-refractivity contribution in [1.29, 1.82) is 0 Å². The monoisotopic (exact) mass is 500 g/mol. The van der Waals surface area contributed by atoms with Gasteiger partial charge in [0.05, 0.1) is 18.8 Å². The van der Waals surface area contributed by atoms with E-state index in [9.17, 15) is 4.39 Å². The average Bonchev–Trinajstić information content (AvgIpc) is 3.38. The summed E-state index contributed by atoms with van der Waals surface area (Å²) >= 11 is 0. The summed E-state index contributed by atoms with van der Waals surface area (Å²) in [6.45, 7) is 6.24. The third-order valence-corrected chi connectivity index (χ3v) is 4.86. The standard InChI is InChI=1S/C21H29FN4O.HI/c1-2-23-21(24-12-11-17-8-3-4-9-18(17)22)25-16-19(20-10-7-15-27-20)26-13-5-6-14-26;/h3-4,7-10,15,19H,2,5-6,11-14,16H2,1H3,(H2,23,24,25);1H. The molecule has 2 heterocycles. The quantitative estimate of drug-likeness (QED) is 0.327. The minimum atomic E-state index is -0.159. The van der Waals surface area contributed by atoms with Gasteiger partial charge in [0.1, 0.15) is 11.6 Å². The third-order valence-electron chi connectivity index (χ3n) is 4.86. The van der Waals surface area contributed by atoms with Crippen molar-refractivity contribution in [3.63, 3.8) is 0 Å². The van der Waals surface area contributed by atoms with E-state index in [-0.39, 0.29) is 35.8 Å². The Bertz CT molecular complexity index is 717. The molecule has 0 saturated carbocycles. The Kier molecular flexibility index (Phi) is 9.77. The Morgan fingerprint density at radius 3 is 2.64 bits per heavy atom. The largest absolute Gasteiger partial charge is 0.468 e. The molecule has 0 radical (unpaired) electrons. The number of hydrogen-bond donors (Lipinski definition) is 2. The van der Waals surface area contributed by atoms with E-state index in [4.69, 9.17) is 9.41 Å². The van der Waals surface area contributed by atoms with Crippen molar-refractivity contribution >= 4 is 29.9 Å². The van der Waals surface area contributed by atoms with Crippen LogP contribution in [0.2, 0.25) is 0 Å². The van der Waals surface area contributed by atoms with E-state index in [1.54, 1.807) is 12.3 Å². The summed E-state index contributed by atoms with van der Waals surface area (Å²) in [6.07, 6.45) is 4.79. The minimum absolute atomic E-state index is 0. The zero-order valence-electron chi connectivity index (χ0n) is 16.4. The van der Waals surface area contributed by atoms with Crippen LogP contribution < -0.4 is 10.6 Å². The first kappa shape index (κ1) is 22.7. The van der Waals surface area contributed by atoms with Gasteiger partial charge in [-0.1, -0.05) is 18.2 Å². The highest BCUT2D eigenvalue weighted by Crippen LogP contribution is 2.25. The Morgan fingerprint density at radius 1 is 1.18 bits per heavy atom. The Labute approximate surface area is 183 Å². The molecule has 1 saturated heterocycles. The first-order chi connectivity index (χ1) is 13.3. The van der Waals surface area contributed by atoms with Crippen molar-refractivity contribution in [2.45, 2.75) is 32.2 Å². The summed E-state index contributed by atoms with van der Waals surface area (Å²) in [7, 11) is 0. The first-order valence-electron chi connectivity index (χ1n) is 9.81. The Hall–Kier alpha value is -1.61. The van der Waals surface area contributed by atoms with E-state index in [1.165, 1.54) is 18.9 Å². The van der Waals surface area contributed by atoms with Crippen LogP contribution in [0.5, 0.6) is 0 Å². The number of guanidine groups is 1. The first-order valence-corrected chi connectivity index (χ1v) is 9.81.